The van der Waals surface area contributed by atoms with Crippen LogP contribution in [0.1, 0.15) is 25.0 Å². The predicted octanol–water partition coefficient (Wildman–Crippen LogP) is 6.82. The lowest BCUT2D eigenvalue weighted by molar-refractivity contribution is -0.140. The average molecular weight is 432 g/mol. The third kappa shape index (κ3) is 3.60. The molecule has 1 aliphatic rings. The molecule has 0 atom stereocenters. The summed E-state index contributed by atoms with van der Waals surface area (Å²) < 4.78 is 8.39. The van der Waals surface area contributed by atoms with E-state index in [0.29, 0.717) is 5.71 Å². The standard InChI is InChI=1S/C24H17NO3S2/c1-14(25-28-15(2)26)17-8-10-22-19(13-17)18-11-16(7-9-21(18)29-22)12-24-27-20-5-3-4-6-23(20)30-24/h3-13H,1-2H3/b24-12+,25-14+. The van der Waals surface area contributed by atoms with Gasteiger partial charge in [-0.25, -0.2) is 4.79 Å². The molecule has 0 saturated heterocycles. The van der Waals surface area contributed by atoms with Crippen molar-refractivity contribution in [2.45, 2.75) is 18.7 Å². The van der Waals surface area contributed by atoms with Gasteiger partial charge in [-0.15, -0.1) is 11.3 Å². The Morgan fingerprint density at radius 3 is 2.57 bits per heavy atom. The summed E-state index contributed by atoms with van der Waals surface area (Å²) in [6.07, 6.45) is 2.07. The van der Waals surface area contributed by atoms with Crippen molar-refractivity contribution in [2.24, 2.45) is 5.16 Å². The lowest BCUT2D eigenvalue weighted by Gasteiger charge is -2.02. The van der Waals surface area contributed by atoms with Gasteiger partial charge >= 0.3 is 5.97 Å². The Morgan fingerprint density at radius 1 is 1.00 bits per heavy atom. The number of thioether (sulfide) groups is 1. The molecule has 0 fully saturated rings. The highest BCUT2D eigenvalue weighted by atomic mass is 32.2. The molecule has 0 amide bonds. The molecule has 1 aromatic heterocycles. The van der Waals surface area contributed by atoms with Crippen molar-refractivity contribution in [1.82, 2.24) is 0 Å². The van der Waals surface area contributed by atoms with Crippen molar-refractivity contribution in [3.05, 3.63) is 76.9 Å². The number of fused-ring (bicyclic) bond motifs is 4. The van der Waals surface area contributed by atoms with Crippen LogP contribution in [0.25, 0.3) is 26.2 Å². The zero-order chi connectivity index (χ0) is 20.7. The second-order valence-electron chi connectivity index (χ2n) is 6.94. The van der Waals surface area contributed by atoms with Crippen LogP contribution < -0.4 is 4.74 Å². The molecule has 2 heterocycles. The Hall–Kier alpha value is -3.09. The molecular weight excluding hydrogens is 414 g/mol. The van der Waals surface area contributed by atoms with Gasteiger partial charge in [0.2, 0.25) is 0 Å². The molecule has 0 spiro atoms. The molecule has 6 heteroatoms. The summed E-state index contributed by atoms with van der Waals surface area (Å²) >= 11 is 3.40. The van der Waals surface area contributed by atoms with E-state index in [0.717, 1.165) is 32.2 Å². The fourth-order valence-electron chi connectivity index (χ4n) is 3.35. The Labute approximate surface area is 181 Å². The third-order valence-electron chi connectivity index (χ3n) is 4.78. The first-order chi connectivity index (χ1) is 14.6. The van der Waals surface area contributed by atoms with Crippen LogP contribution >= 0.6 is 23.1 Å². The van der Waals surface area contributed by atoms with E-state index < -0.39 is 5.97 Å². The Morgan fingerprint density at radius 2 is 1.77 bits per heavy atom. The largest absolute Gasteiger partial charge is 0.449 e. The van der Waals surface area contributed by atoms with Gasteiger partial charge in [-0.3, -0.25) is 0 Å². The van der Waals surface area contributed by atoms with E-state index in [2.05, 4.69) is 47.6 Å². The van der Waals surface area contributed by atoms with Crippen LogP contribution in [-0.2, 0) is 9.63 Å². The molecule has 0 saturated carbocycles. The van der Waals surface area contributed by atoms with Crippen LogP contribution in [-0.4, -0.2) is 11.7 Å². The van der Waals surface area contributed by atoms with E-state index in [4.69, 9.17) is 9.57 Å². The number of rotatable bonds is 3. The van der Waals surface area contributed by atoms with Gasteiger partial charge in [-0.2, -0.15) is 0 Å². The van der Waals surface area contributed by atoms with Gasteiger partial charge in [0.1, 0.15) is 5.75 Å². The van der Waals surface area contributed by atoms with Gasteiger partial charge in [0.25, 0.3) is 0 Å². The van der Waals surface area contributed by atoms with Crippen molar-refractivity contribution in [2.75, 3.05) is 0 Å². The number of benzene rings is 3. The van der Waals surface area contributed by atoms with E-state index in [-0.39, 0.29) is 0 Å². The molecular formula is C24H17NO3S2. The molecule has 4 nitrogen and oxygen atoms in total. The first-order valence-electron chi connectivity index (χ1n) is 9.42. The summed E-state index contributed by atoms with van der Waals surface area (Å²) in [5, 5.41) is 7.14. The number of oxime groups is 1. The minimum atomic E-state index is -0.428. The number of hydrogen-bond acceptors (Lipinski definition) is 6. The fourth-order valence-corrected chi connectivity index (χ4v) is 5.31. The second kappa shape index (κ2) is 7.63. The van der Waals surface area contributed by atoms with Crippen LogP contribution in [0.15, 0.2) is 75.8 Å². The maximum Gasteiger partial charge on any atom is 0.331 e. The minimum absolute atomic E-state index is 0.428. The van der Waals surface area contributed by atoms with Gasteiger partial charge in [-0.1, -0.05) is 29.4 Å². The molecule has 148 valence electrons. The molecule has 3 aromatic carbocycles. The maximum absolute atomic E-state index is 11.0. The topological polar surface area (TPSA) is 47.9 Å². The van der Waals surface area contributed by atoms with E-state index >= 15 is 0 Å². The van der Waals surface area contributed by atoms with Gasteiger partial charge in [0, 0.05) is 27.1 Å². The number of carbonyl (C=O) groups is 1. The molecule has 30 heavy (non-hydrogen) atoms. The predicted molar refractivity (Wildman–Crippen MR) is 124 cm³/mol. The van der Waals surface area contributed by atoms with Crippen LogP contribution in [0, 0.1) is 0 Å². The third-order valence-corrected chi connectivity index (χ3v) is 6.89. The molecule has 0 aliphatic carbocycles. The van der Waals surface area contributed by atoms with E-state index in [1.54, 1.807) is 23.1 Å². The summed E-state index contributed by atoms with van der Waals surface area (Å²) in [6.45, 7) is 3.17. The minimum Gasteiger partial charge on any atom is -0.449 e. The number of nitrogens with zero attached hydrogens (tertiary/aromatic N) is 1. The molecule has 0 bridgehead atoms. The Bertz CT molecular complexity index is 1340. The highest BCUT2D eigenvalue weighted by molar-refractivity contribution is 8.03. The van der Waals surface area contributed by atoms with Gasteiger partial charge in [0.05, 0.1) is 10.6 Å². The van der Waals surface area contributed by atoms with Crippen LogP contribution in [0.4, 0.5) is 0 Å². The second-order valence-corrected chi connectivity index (χ2v) is 9.07. The van der Waals surface area contributed by atoms with Crippen LogP contribution in [0.2, 0.25) is 0 Å². The SMILES string of the molecule is CC(=O)O/N=C(\C)c1ccc2sc3ccc(/C=C4\Oc5ccccc5S4)cc3c2c1. The average Bonchev–Trinajstić information content (AvgIpc) is 3.31. The zero-order valence-corrected chi connectivity index (χ0v) is 18.0. The molecule has 1 aliphatic heterocycles. The van der Waals surface area contributed by atoms with E-state index in [1.807, 2.05) is 31.2 Å². The number of para-hydroxylation sites is 1. The van der Waals surface area contributed by atoms with Crippen molar-refractivity contribution < 1.29 is 14.4 Å². The van der Waals surface area contributed by atoms with Gasteiger partial charge in [0.15, 0.2) is 5.09 Å². The zero-order valence-electron chi connectivity index (χ0n) is 16.3. The van der Waals surface area contributed by atoms with E-state index in [1.165, 1.54) is 21.7 Å². The summed E-state index contributed by atoms with van der Waals surface area (Å²) in [6, 6.07) is 20.7. The first-order valence-corrected chi connectivity index (χ1v) is 11.1. The molecule has 0 N–H and O–H groups in total. The number of ether oxygens (including phenoxy) is 1. The first kappa shape index (κ1) is 18.9. The lowest BCUT2D eigenvalue weighted by atomic mass is 10.1. The van der Waals surface area contributed by atoms with Crippen molar-refractivity contribution in [1.29, 1.82) is 0 Å². The molecule has 0 unspecified atom stereocenters. The summed E-state index contributed by atoms with van der Waals surface area (Å²) in [4.78, 5) is 17.0. The lowest BCUT2D eigenvalue weighted by Crippen LogP contribution is -1.99. The van der Waals surface area contributed by atoms with Gasteiger partial charge < -0.3 is 9.57 Å². The van der Waals surface area contributed by atoms with Crippen molar-refractivity contribution in [3.63, 3.8) is 0 Å². The maximum atomic E-state index is 11.0. The van der Waals surface area contributed by atoms with Gasteiger partial charge in [-0.05, 0) is 72.3 Å². The molecule has 5 rings (SSSR count). The quantitative estimate of drug-likeness (QED) is 0.203. The normalized spacial score (nSPS) is 14.9. The Balaban J connectivity index is 1.53. The number of thiophene rings is 1. The summed E-state index contributed by atoms with van der Waals surface area (Å²) in [5.74, 6) is 0.478. The highest BCUT2D eigenvalue weighted by Crippen LogP contribution is 2.44. The summed E-state index contributed by atoms with van der Waals surface area (Å²) in [7, 11) is 0. The van der Waals surface area contributed by atoms with Crippen molar-refractivity contribution >= 4 is 61.0 Å². The number of hydrogen-bond donors (Lipinski definition) is 0. The fraction of sp³-hybridized carbons (Fsp3) is 0.0833. The Kier molecular flexibility index (Phi) is 4.81. The smallest absolute Gasteiger partial charge is 0.331 e. The highest BCUT2D eigenvalue weighted by Gasteiger charge is 2.17. The van der Waals surface area contributed by atoms with Crippen LogP contribution in [0.5, 0.6) is 5.75 Å². The monoisotopic (exact) mass is 431 g/mol. The van der Waals surface area contributed by atoms with Crippen molar-refractivity contribution in [3.8, 4) is 5.75 Å². The molecule has 4 aromatic rings. The summed E-state index contributed by atoms with van der Waals surface area (Å²) in [5.41, 5.74) is 2.68. The van der Waals surface area contributed by atoms with E-state index in [9.17, 15) is 4.79 Å². The van der Waals surface area contributed by atoms with Crippen LogP contribution in [0.3, 0.4) is 0 Å². The molecule has 0 radical (unpaired) electrons. The number of carbonyl (C=O) groups excluding carboxylic acids is 1.